The number of nitrogens with zero attached hydrogens (tertiary/aromatic N) is 1. The molecule has 5 heteroatoms. The minimum Gasteiger partial charge on any atom is -0.490 e. The monoisotopic (exact) mass is 415 g/mol. The van der Waals surface area contributed by atoms with E-state index < -0.39 is 11.7 Å². The maximum absolute atomic E-state index is 12.7. The van der Waals surface area contributed by atoms with Gasteiger partial charge in [-0.3, -0.25) is 4.90 Å². The summed E-state index contributed by atoms with van der Waals surface area (Å²) in [4.78, 5) is 2.26. The van der Waals surface area contributed by atoms with Crippen LogP contribution in [0.2, 0.25) is 0 Å². The van der Waals surface area contributed by atoms with Gasteiger partial charge in [-0.15, -0.1) is 0 Å². The highest BCUT2D eigenvalue weighted by Crippen LogP contribution is 2.30. The maximum atomic E-state index is 12.7. The number of hydrogen-bond acceptors (Lipinski definition) is 2. The van der Waals surface area contributed by atoms with Crippen LogP contribution in [0.3, 0.4) is 0 Å². The van der Waals surface area contributed by atoms with Crippen molar-refractivity contribution >= 4 is 5.76 Å². The van der Waals surface area contributed by atoms with Gasteiger partial charge in [-0.1, -0.05) is 48.6 Å². The standard InChI is InChI=1S/C25H28F3NO/c1-18(2)16-24(23-7-5-4-6-19(23)3)30-22-12-14-29(15-13-22)17-20-8-10-21(11-9-20)25(26,27)28/h4-11,16,22H,1,12-15,17H2,2-3H3/b24-16+. The van der Waals surface area contributed by atoms with E-state index in [1.165, 1.54) is 0 Å². The number of likely N-dealkylation sites (tertiary alicyclic amines) is 1. The van der Waals surface area contributed by atoms with Gasteiger partial charge in [0, 0.05) is 25.2 Å². The molecule has 0 saturated carbocycles. The molecule has 0 aliphatic carbocycles. The van der Waals surface area contributed by atoms with Crippen molar-refractivity contribution in [2.75, 3.05) is 13.1 Å². The van der Waals surface area contributed by atoms with Gasteiger partial charge in [0.15, 0.2) is 0 Å². The molecule has 1 heterocycles. The number of benzene rings is 2. The number of alkyl halides is 3. The number of hydrogen-bond donors (Lipinski definition) is 0. The van der Waals surface area contributed by atoms with Crippen LogP contribution >= 0.6 is 0 Å². The molecule has 1 saturated heterocycles. The first-order valence-electron chi connectivity index (χ1n) is 10.2. The van der Waals surface area contributed by atoms with Crippen molar-refractivity contribution < 1.29 is 17.9 Å². The van der Waals surface area contributed by atoms with Crippen molar-refractivity contribution in [3.8, 4) is 0 Å². The molecule has 1 aliphatic heterocycles. The Bertz CT molecular complexity index is 891. The molecule has 1 aliphatic rings. The maximum Gasteiger partial charge on any atom is 0.416 e. The zero-order valence-corrected chi connectivity index (χ0v) is 17.5. The van der Waals surface area contributed by atoms with Crippen LogP contribution < -0.4 is 0 Å². The summed E-state index contributed by atoms with van der Waals surface area (Å²) in [7, 11) is 0. The van der Waals surface area contributed by atoms with E-state index in [0.717, 1.165) is 66.1 Å². The minimum absolute atomic E-state index is 0.110. The Hall–Kier alpha value is -2.53. The van der Waals surface area contributed by atoms with E-state index in [9.17, 15) is 13.2 Å². The van der Waals surface area contributed by atoms with Crippen molar-refractivity contribution in [1.29, 1.82) is 0 Å². The lowest BCUT2D eigenvalue weighted by atomic mass is 10.0. The van der Waals surface area contributed by atoms with Crippen LogP contribution in [0.15, 0.2) is 66.8 Å². The number of rotatable bonds is 6. The topological polar surface area (TPSA) is 12.5 Å². The second-order valence-electron chi connectivity index (χ2n) is 7.96. The smallest absolute Gasteiger partial charge is 0.416 e. The molecule has 2 aromatic carbocycles. The van der Waals surface area contributed by atoms with Gasteiger partial charge in [0.1, 0.15) is 11.9 Å². The fourth-order valence-corrected chi connectivity index (χ4v) is 3.67. The van der Waals surface area contributed by atoms with E-state index in [0.29, 0.717) is 6.54 Å². The third-order valence-corrected chi connectivity index (χ3v) is 5.30. The molecular formula is C25H28F3NO. The molecule has 0 bridgehead atoms. The van der Waals surface area contributed by atoms with Crippen LogP contribution in [0, 0.1) is 6.92 Å². The Kier molecular flexibility index (Phi) is 7.03. The third kappa shape index (κ3) is 5.99. The molecule has 0 unspecified atom stereocenters. The molecule has 0 amide bonds. The Labute approximate surface area is 176 Å². The van der Waals surface area contributed by atoms with E-state index in [4.69, 9.17) is 4.74 Å². The van der Waals surface area contributed by atoms with E-state index in [2.05, 4.69) is 30.5 Å². The summed E-state index contributed by atoms with van der Waals surface area (Å²) >= 11 is 0. The SMILES string of the molecule is C=C(C)/C=C(/OC1CCN(Cc2ccc(C(F)(F)F)cc2)CC1)c1ccccc1C. The predicted octanol–water partition coefficient (Wildman–Crippen LogP) is 6.61. The molecule has 0 spiro atoms. The fraction of sp³-hybridized carbons (Fsp3) is 0.360. The summed E-state index contributed by atoms with van der Waals surface area (Å²) in [5.41, 5.74) is 3.46. The van der Waals surface area contributed by atoms with Crippen LogP contribution in [-0.2, 0) is 17.5 Å². The van der Waals surface area contributed by atoms with Gasteiger partial charge in [0.05, 0.1) is 5.56 Å². The summed E-state index contributed by atoms with van der Waals surface area (Å²) in [6, 6.07) is 13.6. The first-order chi connectivity index (χ1) is 14.2. The molecule has 160 valence electrons. The first kappa shape index (κ1) is 22.2. The highest BCUT2D eigenvalue weighted by molar-refractivity contribution is 5.65. The Balaban J connectivity index is 1.58. The number of aryl methyl sites for hydroxylation is 1. The van der Waals surface area contributed by atoms with Gasteiger partial charge in [0.2, 0.25) is 0 Å². The molecular weight excluding hydrogens is 387 g/mol. The highest BCUT2D eigenvalue weighted by Gasteiger charge is 2.30. The van der Waals surface area contributed by atoms with Crippen molar-refractivity contribution in [2.24, 2.45) is 0 Å². The fourth-order valence-electron chi connectivity index (χ4n) is 3.67. The van der Waals surface area contributed by atoms with E-state index in [1.54, 1.807) is 12.1 Å². The zero-order chi connectivity index (χ0) is 21.7. The molecule has 0 radical (unpaired) electrons. The van der Waals surface area contributed by atoms with Crippen LogP contribution in [0.25, 0.3) is 5.76 Å². The molecule has 3 rings (SSSR count). The summed E-state index contributed by atoms with van der Waals surface area (Å²) < 4.78 is 44.5. The first-order valence-corrected chi connectivity index (χ1v) is 10.2. The zero-order valence-electron chi connectivity index (χ0n) is 17.5. The van der Waals surface area contributed by atoms with Gasteiger partial charge in [0.25, 0.3) is 0 Å². The third-order valence-electron chi connectivity index (χ3n) is 5.30. The number of ether oxygens (including phenoxy) is 1. The lowest BCUT2D eigenvalue weighted by molar-refractivity contribution is -0.137. The minimum atomic E-state index is -4.29. The van der Waals surface area contributed by atoms with Crippen molar-refractivity contribution in [3.05, 3.63) is 89.0 Å². The second-order valence-corrected chi connectivity index (χ2v) is 7.96. The van der Waals surface area contributed by atoms with Crippen LogP contribution in [0.4, 0.5) is 13.2 Å². The molecule has 0 aromatic heterocycles. The average Bonchev–Trinajstić information content (AvgIpc) is 2.69. The van der Waals surface area contributed by atoms with Gasteiger partial charge in [-0.05, 0) is 56.0 Å². The average molecular weight is 415 g/mol. The summed E-state index contributed by atoms with van der Waals surface area (Å²) in [5, 5.41) is 0. The Morgan fingerprint density at radius 1 is 1.10 bits per heavy atom. The molecule has 0 atom stereocenters. The molecule has 2 aromatic rings. The predicted molar refractivity (Wildman–Crippen MR) is 115 cm³/mol. The molecule has 0 N–H and O–H groups in total. The van der Waals surface area contributed by atoms with E-state index in [-0.39, 0.29) is 6.10 Å². The van der Waals surface area contributed by atoms with Gasteiger partial charge < -0.3 is 4.74 Å². The summed E-state index contributed by atoms with van der Waals surface area (Å²) in [6.45, 7) is 10.4. The van der Waals surface area contributed by atoms with Gasteiger partial charge >= 0.3 is 6.18 Å². The van der Waals surface area contributed by atoms with E-state index >= 15 is 0 Å². The van der Waals surface area contributed by atoms with Crippen LogP contribution in [0.5, 0.6) is 0 Å². The summed E-state index contributed by atoms with van der Waals surface area (Å²) in [5.74, 6) is 0.849. The van der Waals surface area contributed by atoms with Crippen LogP contribution in [-0.4, -0.2) is 24.1 Å². The molecule has 2 nitrogen and oxygen atoms in total. The van der Waals surface area contributed by atoms with Crippen molar-refractivity contribution in [1.82, 2.24) is 4.90 Å². The second kappa shape index (κ2) is 9.52. The van der Waals surface area contributed by atoms with Gasteiger partial charge in [-0.25, -0.2) is 0 Å². The number of piperidine rings is 1. The lowest BCUT2D eigenvalue weighted by Crippen LogP contribution is -2.36. The Morgan fingerprint density at radius 2 is 1.73 bits per heavy atom. The van der Waals surface area contributed by atoms with Crippen LogP contribution in [0.1, 0.15) is 42.0 Å². The van der Waals surface area contributed by atoms with Crippen molar-refractivity contribution in [3.63, 3.8) is 0 Å². The van der Waals surface area contributed by atoms with Gasteiger partial charge in [-0.2, -0.15) is 13.2 Å². The largest absolute Gasteiger partial charge is 0.490 e. The normalized spacial score (nSPS) is 16.5. The molecule has 30 heavy (non-hydrogen) atoms. The number of halogens is 3. The van der Waals surface area contributed by atoms with Crippen molar-refractivity contribution in [2.45, 2.75) is 45.5 Å². The highest BCUT2D eigenvalue weighted by atomic mass is 19.4. The number of allylic oxidation sites excluding steroid dienone is 2. The Morgan fingerprint density at radius 3 is 2.30 bits per heavy atom. The molecule has 1 fully saturated rings. The van der Waals surface area contributed by atoms with E-state index in [1.807, 2.05) is 25.1 Å². The summed E-state index contributed by atoms with van der Waals surface area (Å²) in [6.07, 6.45) is -0.448. The quantitative estimate of drug-likeness (QED) is 0.389. The lowest BCUT2D eigenvalue weighted by Gasteiger charge is -2.33.